The van der Waals surface area contributed by atoms with Crippen molar-refractivity contribution in [2.24, 2.45) is 0 Å². The van der Waals surface area contributed by atoms with Crippen molar-refractivity contribution in [1.29, 1.82) is 0 Å². The molecular formula is C13H14F3NO4. The van der Waals surface area contributed by atoms with Gasteiger partial charge >= 0.3 is 12.1 Å². The highest BCUT2D eigenvalue weighted by molar-refractivity contribution is 5.87. The maximum Gasteiger partial charge on any atom is 0.391 e. The van der Waals surface area contributed by atoms with Gasteiger partial charge in [0.2, 0.25) is 0 Å². The third-order valence-corrected chi connectivity index (χ3v) is 2.63. The first-order chi connectivity index (χ1) is 9.74. The number of halogens is 3. The van der Waals surface area contributed by atoms with Crippen LogP contribution in [0.15, 0.2) is 30.3 Å². The zero-order valence-corrected chi connectivity index (χ0v) is 11.1. The maximum absolute atomic E-state index is 12.3. The molecule has 0 radical (unpaired) electrons. The zero-order valence-electron chi connectivity index (χ0n) is 11.1. The Morgan fingerprint density at radius 2 is 1.86 bits per heavy atom. The molecule has 0 heterocycles. The van der Waals surface area contributed by atoms with Crippen LogP contribution in [-0.4, -0.2) is 36.3 Å². The molecule has 0 aliphatic carbocycles. The van der Waals surface area contributed by atoms with Gasteiger partial charge in [-0.25, -0.2) is 4.79 Å². The fourth-order valence-electron chi connectivity index (χ4n) is 1.70. The van der Waals surface area contributed by atoms with Crippen LogP contribution in [-0.2, 0) is 14.3 Å². The molecule has 5 nitrogen and oxygen atoms in total. The molecule has 116 valence electrons. The molecule has 21 heavy (non-hydrogen) atoms. The Labute approximate surface area is 118 Å². The average molecular weight is 305 g/mol. The first-order valence-electron chi connectivity index (χ1n) is 5.92. The maximum atomic E-state index is 12.3. The van der Waals surface area contributed by atoms with Gasteiger partial charge < -0.3 is 15.2 Å². The van der Waals surface area contributed by atoms with Crippen molar-refractivity contribution >= 4 is 11.9 Å². The molecule has 0 aliphatic rings. The number of rotatable bonds is 6. The summed E-state index contributed by atoms with van der Waals surface area (Å²) in [6.45, 7) is 0. The van der Waals surface area contributed by atoms with E-state index in [2.05, 4.69) is 0 Å². The Bertz CT molecular complexity index is 490. The average Bonchev–Trinajstić information content (AvgIpc) is 2.38. The van der Waals surface area contributed by atoms with Gasteiger partial charge in [0.25, 0.3) is 5.91 Å². The van der Waals surface area contributed by atoms with E-state index in [-0.39, 0.29) is 0 Å². The fraction of sp³-hybridized carbons (Fsp3) is 0.385. The number of carboxylic acids is 1. The van der Waals surface area contributed by atoms with E-state index in [1.807, 2.05) is 5.32 Å². The first kappa shape index (κ1) is 17.0. The fourth-order valence-corrected chi connectivity index (χ4v) is 1.70. The number of carbonyl (C=O) groups excluding carboxylic acids is 1. The third-order valence-electron chi connectivity index (χ3n) is 2.63. The third kappa shape index (κ3) is 5.42. The van der Waals surface area contributed by atoms with Crippen molar-refractivity contribution in [2.45, 2.75) is 24.7 Å². The molecule has 1 unspecified atom stereocenters. The van der Waals surface area contributed by atoms with E-state index >= 15 is 0 Å². The number of benzene rings is 1. The summed E-state index contributed by atoms with van der Waals surface area (Å²) in [6, 6.07) is 5.98. The second-order valence-electron chi connectivity index (χ2n) is 4.25. The molecule has 1 aromatic rings. The molecule has 1 aromatic carbocycles. The van der Waals surface area contributed by atoms with Crippen LogP contribution >= 0.6 is 0 Å². The Morgan fingerprint density at radius 3 is 2.29 bits per heavy atom. The van der Waals surface area contributed by atoms with Gasteiger partial charge in [0.05, 0.1) is 6.42 Å². The number of hydrogen-bond donors (Lipinski definition) is 2. The van der Waals surface area contributed by atoms with E-state index in [1.54, 1.807) is 30.3 Å². The lowest BCUT2D eigenvalue weighted by Crippen LogP contribution is -2.45. The van der Waals surface area contributed by atoms with E-state index in [1.165, 1.54) is 7.11 Å². The summed E-state index contributed by atoms with van der Waals surface area (Å²) >= 11 is 0. The Kier molecular flexibility index (Phi) is 5.71. The normalized spacial score (nSPS) is 14.3. The molecule has 2 atom stereocenters. The molecule has 0 aromatic heterocycles. The summed E-state index contributed by atoms with van der Waals surface area (Å²) in [5.74, 6) is -2.70. The van der Waals surface area contributed by atoms with Gasteiger partial charge in [-0.1, -0.05) is 30.3 Å². The largest absolute Gasteiger partial charge is 0.480 e. The molecule has 1 rings (SSSR count). The van der Waals surface area contributed by atoms with Gasteiger partial charge in [0.1, 0.15) is 6.04 Å². The van der Waals surface area contributed by atoms with Crippen LogP contribution < -0.4 is 5.32 Å². The monoisotopic (exact) mass is 305 g/mol. The minimum absolute atomic E-state index is 0.411. The highest BCUT2D eigenvalue weighted by atomic mass is 19.4. The summed E-state index contributed by atoms with van der Waals surface area (Å²) < 4.78 is 41.8. The lowest BCUT2D eigenvalue weighted by molar-refractivity contribution is -0.161. The second-order valence-corrected chi connectivity index (χ2v) is 4.25. The van der Waals surface area contributed by atoms with Crippen molar-refractivity contribution in [3.8, 4) is 0 Å². The number of ether oxygens (including phenoxy) is 1. The van der Waals surface area contributed by atoms with E-state index in [4.69, 9.17) is 9.84 Å². The summed E-state index contributed by atoms with van der Waals surface area (Å²) in [7, 11) is 1.21. The number of hydrogen-bond acceptors (Lipinski definition) is 3. The van der Waals surface area contributed by atoms with Gasteiger partial charge in [-0.05, 0) is 5.56 Å². The van der Waals surface area contributed by atoms with E-state index in [0.29, 0.717) is 5.56 Å². The van der Waals surface area contributed by atoms with Crippen molar-refractivity contribution in [1.82, 2.24) is 5.32 Å². The highest BCUT2D eigenvalue weighted by Gasteiger charge is 2.37. The van der Waals surface area contributed by atoms with Gasteiger partial charge in [0, 0.05) is 7.11 Å². The van der Waals surface area contributed by atoms with Crippen LogP contribution in [0.1, 0.15) is 18.1 Å². The first-order valence-corrected chi connectivity index (χ1v) is 5.92. The predicted molar refractivity (Wildman–Crippen MR) is 66.4 cm³/mol. The van der Waals surface area contributed by atoms with E-state index in [0.717, 1.165) is 0 Å². The van der Waals surface area contributed by atoms with Crippen molar-refractivity contribution in [3.63, 3.8) is 0 Å². The SMILES string of the molecule is CO[C@@H](C(=O)NC(CC(F)(F)F)C(=O)O)c1ccccc1. The quantitative estimate of drug-likeness (QED) is 0.841. The molecule has 2 N–H and O–H groups in total. The number of carboxylic acid groups (broad SMARTS) is 1. The number of carbonyl (C=O) groups is 2. The van der Waals surface area contributed by atoms with Gasteiger partial charge in [0.15, 0.2) is 6.10 Å². The summed E-state index contributed by atoms with van der Waals surface area (Å²) in [4.78, 5) is 22.7. The number of nitrogens with one attached hydrogen (secondary N) is 1. The highest BCUT2D eigenvalue weighted by Crippen LogP contribution is 2.23. The smallest absolute Gasteiger partial charge is 0.391 e. The molecule has 8 heteroatoms. The van der Waals surface area contributed by atoms with Crippen molar-refractivity contribution < 1.29 is 32.6 Å². The van der Waals surface area contributed by atoms with E-state index < -0.39 is 36.6 Å². The molecule has 0 saturated heterocycles. The van der Waals surface area contributed by atoms with Gasteiger partial charge in [-0.2, -0.15) is 13.2 Å². The van der Waals surface area contributed by atoms with Crippen LogP contribution in [0.4, 0.5) is 13.2 Å². The topological polar surface area (TPSA) is 75.6 Å². The lowest BCUT2D eigenvalue weighted by Gasteiger charge is -2.20. The number of amides is 1. The standard InChI is InChI=1S/C13H14F3NO4/c1-21-10(8-5-3-2-4-6-8)11(18)17-9(12(19)20)7-13(14,15)16/h2-6,9-10H,7H2,1H3,(H,17,18)(H,19,20)/t9?,10-/m1/s1. The second kappa shape index (κ2) is 7.07. The zero-order chi connectivity index (χ0) is 16.0. The molecule has 0 spiro atoms. The molecule has 0 saturated carbocycles. The minimum Gasteiger partial charge on any atom is -0.480 e. The van der Waals surface area contributed by atoms with E-state index in [9.17, 15) is 22.8 Å². The molecule has 0 aliphatic heterocycles. The Morgan fingerprint density at radius 1 is 1.29 bits per heavy atom. The van der Waals surface area contributed by atoms with Crippen molar-refractivity contribution in [2.75, 3.05) is 7.11 Å². The molecule has 0 bridgehead atoms. The Hall–Kier alpha value is -2.09. The minimum atomic E-state index is -4.70. The van der Waals surface area contributed by atoms with Crippen LogP contribution in [0.3, 0.4) is 0 Å². The number of aliphatic carboxylic acids is 1. The number of methoxy groups -OCH3 is 1. The van der Waals surface area contributed by atoms with Crippen LogP contribution in [0.5, 0.6) is 0 Å². The lowest BCUT2D eigenvalue weighted by atomic mass is 10.1. The van der Waals surface area contributed by atoms with Crippen LogP contribution in [0.2, 0.25) is 0 Å². The number of alkyl halides is 3. The molecular weight excluding hydrogens is 291 g/mol. The summed E-state index contributed by atoms with van der Waals surface area (Å²) in [5.41, 5.74) is 0.411. The van der Waals surface area contributed by atoms with Crippen molar-refractivity contribution in [3.05, 3.63) is 35.9 Å². The molecule has 1 amide bonds. The molecule has 0 fully saturated rings. The Balaban J connectivity index is 2.83. The predicted octanol–water partition coefficient (Wildman–Crippen LogP) is 1.90. The van der Waals surface area contributed by atoms with Crippen LogP contribution in [0, 0.1) is 0 Å². The summed E-state index contributed by atoms with van der Waals surface area (Å²) in [6.07, 6.45) is -7.54. The van der Waals surface area contributed by atoms with Gasteiger partial charge in [-0.15, -0.1) is 0 Å². The van der Waals surface area contributed by atoms with Crippen LogP contribution in [0.25, 0.3) is 0 Å². The van der Waals surface area contributed by atoms with Gasteiger partial charge in [-0.3, -0.25) is 4.79 Å². The summed E-state index contributed by atoms with van der Waals surface area (Å²) in [5, 5.41) is 10.6.